The molecular weight excluding hydrogens is 346 g/mol. The van der Waals surface area contributed by atoms with Crippen LogP contribution < -0.4 is 10.6 Å². The molecule has 0 saturated heterocycles. The minimum atomic E-state index is -0.166. The van der Waals surface area contributed by atoms with Crippen molar-refractivity contribution in [3.05, 3.63) is 52.6 Å². The van der Waals surface area contributed by atoms with Crippen LogP contribution in [0.5, 0.6) is 0 Å². The van der Waals surface area contributed by atoms with E-state index >= 15 is 0 Å². The van der Waals surface area contributed by atoms with E-state index in [1.807, 2.05) is 24.3 Å². The number of methoxy groups -OCH3 is 1. The normalized spacial score (nSPS) is 10.3. The zero-order valence-electron chi connectivity index (χ0n) is 12.3. The van der Waals surface area contributed by atoms with E-state index in [0.29, 0.717) is 18.0 Å². The molecule has 0 aliphatic carbocycles. The first-order valence-corrected chi connectivity index (χ1v) is 7.74. The van der Waals surface area contributed by atoms with Gasteiger partial charge in [-0.1, -0.05) is 22.0 Å². The Morgan fingerprint density at radius 3 is 2.95 bits per heavy atom. The minimum absolute atomic E-state index is 0.166. The smallest absolute Gasteiger partial charge is 0.255 e. The van der Waals surface area contributed by atoms with Crippen molar-refractivity contribution >= 4 is 33.3 Å². The number of hydrogen-bond donors (Lipinski definition) is 2. The van der Waals surface area contributed by atoms with Crippen molar-refractivity contribution in [1.82, 2.24) is 4.98 Å². The van der Waals surface area contributed by atoms with Gasteiger partial charge in [0, 0.05) is 42.2 Å². The highest BCUT2D eigenvalue weighted by Crippen LogP contribution is 2.17. The van der Waals surface area contributed by atoms with E-state index < -0.39 is 0 Å². The molecule has 0 aliphatic heterocycles. The third-order valence-corrected chi connectivity index (χ3v) is 3.43. The first-order valence-electron chi connectivity index (χ1n) is 6.95. The third-order valence-electron chi connectivity index (χ3n) is 2.94. The fraction of sp³-hybridized carbons (Fsp3) is 0.250. The van der Waals surface area contributed by atoms with E-state index in [4.69, 9.17) is 4.74 Å². The van der Waals surface area contributed by atoms with E-state index in [1.54, 1.807) is 25.4 Å². The van der Waals surface area contributed by atoms with Crippen molar-refractivity contribution in [3.63, 3.8) is 0 Å². The Balaban J connectivity index is 1.97. The Kier molecular flexibility index (Phi) is 6.36. The summed E-state index contributed by atoms with van der Waals surface area (Å²) in [7, 11) is 1.67. The van der Waals surface area contributed by atoms with Crippen molar-refractivity contribution in [2.45, 2.75) is 6.42 Å². The van der Waals surface area contributed by atoms with Crippen LogP contribution in [0.15, 0.2) is 47.1 Å². The van der Waals surface area contributed by atoms with Gasteiger partial charge in [0.25, 0.3) is 5.91 Å². The highest BCUT2D eigenvalue weighted by atomic mass is 79.9. The van der Waals surface area contributed by atoms with Gasteiger partial charge in [0.15, 0.2) is 0 Å². The average Bonchev–Trinajstić information content (AvgIpc) is 2.52. The number of rotatable bonds is 7. The minimum Gasteiger partial charge on any atom is -0.385 e. The Morgan fingerprint density at radius 2 is 2.18 bits per heavy atom. The molecule has 2 rings (SSSR count). The van der Waals surface area contributed by atoms with Gasteiger partial charge in [0.2, 0.25) is 0 Å². The molecule has 1 aromatic carbocycles. The number of nitrogens with one attached hydrogen (secondary N) is 2. The predicted octanol–water partition coefficient (Wildman–Crippen LogP) is 3.54. The fourth-order valence-electron chi connectivity index (χ4n) is 1.87. The Hall–Kier alpha value is -1.92. The average molecular weight is 364 g/mol. The van der Waals surface area contributed by atoms with Crippen LogP contribution in [0, 0.1) is 0 Å². The first kappa shape index (κ1) is 16.5. The number of benzene rings is 1. The first-order chi connectivity index (χ1) is 10.7. The Bertz CT molecular complexity index is 634. The number of pyridine rings is 1. The van der Waals surface area contributed by atoms with Crippen molar-refractivity contribution < 1.29 is 9.53 Å². The van der Waals surface area contributed by atoms with Crippen LogP contribution in [0.4, 0.5) is 11.5 Å². The maximum atomic E-state index is 12.3. The number of aromatic nitrogens is 1. The molecule has 0 atom stereocenters. The van der Waals surface area contributed by atoms with Gasteiger partial charge in [-0.15, -0.1) is 0 Å². The highest BCUT2D eigenvalue weighted by molar-refractivity contribution is 9.10. The van der Waals surface area contributed by atoms with Crippen molar-refractivity contribution in [3.8, 4) is 0 Å². The fourth-order valence-corrected chi connectivity index (χ4v) is 2.27. The molecule has 0 fully saturated rings. The van der Waals surface area contributed by atoms with E-state index in [9.17, 15) is 4.79 Å². The molecule has 1 heterocycles. The van der Waals surface area contributed by atoms with Crippen molar-refractivity contribution in [2.75, 3.05) is 30.9 Å². The lowest BCUT2D eigenvalue weighted by molar-refractivity contribution is 0.102. The molecule has 6 heteroatoms. The van der Waals surface area contributed by atoms with E-state index in [0.717, 1.165) is 23.1 Å². The molecule has 0 radical (unpaired) electrons. The molecule has 0 aliphatic rings. The van der Waals surface area contributed by atoms with Gasteiger partial charge >= 0.3 is 0 Å². The topological polar surface area (TPSA) is 63.2 Å². The number of amides is 1. The van der Waals surface area contributed by atoms with Crippen LogP contribution >= 0.6 is 15.9 Å². The second kappa shape index (κ2) is 8.51. The molecule has 0 bridgehead atoms. The SMILES string of the molecule is COCCCNc1cc(C(=O)Nc2cccc(Br)c2)ccn1. The monoisotopic (exact) mass is 363 g/mol. The van der Waals surface area contributed by atoms with Crippen LogP contribution in [0.3, 0.4) is 0 Å². The summed E-state index contributed by atoms with van der Waals surface area (Å²) in [6.45, 7) is 1.44. The summed E-state index contributed by atoms with van der Waals surface area (Å²) in [5, 5.41) is 6.03. The standard InChI is InChI=1S/C16H18BrN3O2/c1-22-9-3-7-18-15-10-12(6-8-19-15)16(21)20-14-5-2-4-13(17)11-14/h2,4-6,8,10-11H,3,7,9H2,1H3,(H,18,19)(H,20,21). The van der Waals surface area contributed by atoms with Crippen LogP contribution in [0.2, 0.25) is 0 Å². The van der Waals surface area contributed by atoms with Crippen LogP contribution in [-0.2, 0) is 4.74 Å². The largest absolute Gasteiger partial charge is 0.385 e. The van der Waals surface area contributed by atoms with E-state index in [1.165, 1.54) is 0 Å². The van der Waals surface area contributed by atoms with E-state index in [2.05, 4.69) is 31.5 Å². The third kappa shape index (κ3) is 5.13. The maximum Gasteiger partial charge on any atom is 0.255 e. The van der Waals surface area contributed by atoms with Crippen LogP contribution in [0.1, 0.15) is 16.8 Å². The number of hydrogen-bond acceptors (Lipinski definition) is 4. The molecule has 1 aromatic heterocycles. The summed E-state index contributed by atoms with van der Waals surface area (Å²) in [5.74, 6) is 0.512. The summed E-state index contributed by atoms with van der Waals surface area (Å²) in [5.41, 5.74) is 1.30. The van der Waals surface area contributed by atoms with E-state index in [-0.39, 0.29) is 5.91 Å². The number of nitrogens with zero attached hydrogens (tertiary/aromatic N) is 1. The maximum absolute atomic E-state index is 12.3. The van der Waals surface area contributed by atoms with Crippen molar-refractivity contribution in [2.24, 2.45) is 0 Å². The Morgan fingerprint density at radius 1 is 1.32 bits per heavy atom. The molecule has 1 amide bonds. The summed E-state index contributed by atoms with van der Waals surface area (Å²) < 4.78 is 5.91. The lowest BCUT2D eigenvalue weighted by atomic mass is 10.2. The number of ether oxygens (including phenoxy) is 1. The number of halogens is 1. The zero-order chi connectivity index (χ0) is 15.8. The van der Waals surface area contributed by atoms with Crippen LogP contribution in [-0.4, -0.2) is 31.2 Å². The molecule has 22 heavy (non-hydrogen) atoms. The molecule has 0 spiro atoms. The molecule has 5 nitrogen and oxygen atoms in total. The van der Waals surface area contributed by atoms with Gasteiger partial charge in [0.1, 0.15) is 5.82 Å². The molecular formula is C16H18BrN3O2. The molecule has 116 valence electrons. The second-order valence-corrected chi connectivity index (χ2v) is 5.58. The number of carbonyl (C=O) groups excluding carboxylic acids is 1. The molecule has 2 aromatic rings. The predicted molar refractivity (Wildman–Crippen MR) is 91.3 cm³/mol. The van der Waals surface area contributed by atoms with Crippen molar-refractivity contribution in [1.29, 1.82) is 0 Å². The number of carbonyl (C=O) groups is 1. The van der Waals surface area contributed by atoms with Gasteiger partial charge < -0.3 is 15.4 Å². The molecule has 2 N–H and O–H groups in total. The van der Waals surface area contributed by atoms with Gasteiger partial charge in [-0.05, 0) is 36.8 Å². The summed E-state index contributed by atoms with van der Waals surface area (Å²) in [6.07, 6.45) is 2.50. The summed E-state index contributed by atoms with van der Waals surface area (Å²) in [4.78, 5) is 16.5. The Labute approximate surface area is 138 Å². The molecule has 0 saturated carbocycles. The number of anilines is 2. The second-order valence-electron chi connectivity index (χ2n) is 4.67. The quantitative estimate of drug-likeness (QED) is 0.738. The van der Waals surface area contributed by atoms with Crippen LogP contribution in [0.25, 0.3) is 0 Å². The lowest BCUT2D eigenvalue weighted by Crippen LogP contribution is -2.13. The highest BCUT2D eigenvalue weighted by Gasteiger charge is 2.07. The van der Waals surface area contributed by atoms with Gasteiger partial charge in [-0.3, -0.25) is 4.79 Å². The van der Waals surface area contributed by atoms with Gasteiger partial charge in [-0.2, -0.15) is 0 Å². The lowest BCUT2D eigenvalue weighted by Gasteiger charge is -2.08. The van der Waals surface area contributed by atoms with Gasteiger partial charge in [0.05, 0.1) is 0 Å². The zero-order valence-corrected chi connectivity index (χ0v) is 13.9. The summed E-state index contributed by atoms with van der Waals surface area (Å²) >= 11 is 3.38. The molecule has 0 unspecified atom stereocenters. The van der Waals surface area contributed by atoms with Gasteiger partial charge in [-0.25, -0.2) is 4.98 Å². The summed E-state index contributed by atoms with van der Waals surface area (Å²) in [6, 6.07) is 10.9.